The van der Waals surface area contributed by atoms with E-state index in [1.807, 2.05) is 24.3 Å². The Morgan fingerprint density at radius 3 is 2.81 bits per heavy atom. The monoisotopic (exact) mass is 372 g/mol. The second-order valence-corrected chi connectivity index (χ2v) is 7.80. The van der Waals surface area contributed by atoms with Crippen LogP contribution in [-0.4, -0.2) is 43.8 Å². The molecule has 0 saturated carbocycles. The van der Waals surface area contributed by atoms with E-state index in [9.17, 15) is 5.11 Å². The summed E-state index contributed by atoms with van der Waals surface area (Å²) in [6.07, 6.45) is 7.98. The number of halogens is 1. The third kappa shape index (κ3) is 2.77. The Morgan fingerprint density at radius 2 is 2.08 bits per heavy atom. The summed E-state index contributed by atoms with van der Waals surface area (Å²) in [5, 5.41) is 16.3. The lowest BCUT2D eigenvalue weighted by Crippen LogP contribution is -2.48. The number of hydrogen-bond acceptors (Lipinski definition) is 4. The molecule has 1 aliphatic carbocycles. The van der Waals surface area contributed by atoms with E-state index in [-0.39, 0.29) is 5.92 Å². The highest BCUT2D eigenvalue weighted by Crippen LogP contribution is 2.47. The van der Waals surface area contributed by atoms with Gasteiger partial charge in [-0.1, -0.05) is 29.8 Å². The van der Waals surface area contributed by atoms with Crippen LogP contribution in [0.3, 0.4) is 0 Å². The van der Waals surface area contributed by atoms with Crippen LogP contribution in [0.2, 0.25) is 5.02 Å². The van der Waals surface area contributed by atoms with E-state index in [0.29, 0.717) is 11.6 Å². The van der Waals surface area contributed by atoms with Crippen LogP contribution in [0.25, 0.3) is 6.08 Å². The zero-order chi connectivity index (χ0) is 18.3. The van der Waals surface area contributed by atoms with Gasteiger partial charge in [-0.25, -0.2) is 0 Å². The minimum atomic E-state index is -1.09. The largest absolute Gasteiger partial charge is 0.496 e. The number of piperidine rings is 1. The summed E-state index contributed by atoms with van der Waals surface area (Å²) in [5.74, 6) is 0.878. The molecular weight excluding hydrogens is 348 g/mol. The van der Waals surface area contributed by atoms with Crippen molar-refractivity contribution >= 4 is 17.7 Å². The van der Waals surface area contributed by atoms with Gasteiger partial charge in [0.2, 0.25) is 0 Å². The van der Waals surface area contributed by atoms with Crippen molar-refractivity contribution in [3.05, 3.63) is 63.5 Å². The maximum Gasteiger partial charge on any atom is 0.133 e. The third-order valence-electron chi connectivity index (χ3n) is 5.84. The van der Waals surface area contributed by atoms with Gasteiger partial charge >= 0.3 is 0 Å². The minimum absolute atomic E-state index is 0.132. The van der Waals surface area contributed by atoms with E-state index in [4.69, 9.17) is 16.3 Å². The minimum Gasteiger partial charge on any atom is -0.496 e. The number of ether oxygens (including phenoxy) is 1. The van der Waals surface area contributed by atoms with Crippen LogP contribution in [0.5, 0.6) is 0 Å². The van der Waals surface area contributed by atoms with Crippen LogP contribution >= 0.6 is 11.6 Å². The highest BCUT2D eigenvalue weighted by Gasteiger charge is 2.47. The van der Waals surface area contributed by atoms with Crippen LogP contribution in [-0.2, 0) is 10.3 Å². The number of fused-ring (bicyclic) bond motifs is 1. The normalized spacial score (nSPS) is 26.5. The maximum absolute atomic E-state index is 12.2. The third-order valence-corrected chi connectivity index (χ3v) is 6.07. The van der Waals surface area contributed by atoms with E-state index in [1.54, 1.807) is 7.11 Å². The highest BCUT2D eigenvalue weighted by molar-refractivity contribution is 6.30. The predicted molar refractivity (Wildman–Crippen MR) is 105 cm³/mol. The van der Waals surface area contributed by atoms with E-state index in [1.165, 1.54) is 0 Å². The summed E-state index contributed by atoms with van der Waals surface area (Å²) in [6.45, 7) is 2.67. The topological polar surface area (TPSA) is 44.7 Å². The van der Waals surface area contributed by atoms with Gasteiger partial charge in [-0.3, -0.25) is 0 Å². The Morgan fingerprint density at radius 1 is 1.31 bits per heavy atom. The number of benzene rings is 1. The smallest absolute Gasteiger partial charge is 0.133 e. The summed E-state index contributed by atoms with van der Waals surface area (Å²) in [5.41, 5.74) is 2.51. The molecule has 5 heteroatoms. The molecule has 0 radical (unpaired) electrons. The number of nitrogens with zero attached hydrogens (tertiary/aromatic N) is 1. The van der Waals surface area contributed by atoms with Crippen molar-refractivity contribution in [2.24, 2.45) is 5.92 Å². The number of likely N-dealkylation sites (tertiary alicyclic amines) is 1. The van der Waals surface area contributed by atoms with Gasteiger partial charge in [0.25, 0.3) is 0 Å². The predicted octanol–water partition coefficient (Wildman–Crippen LogP) is 3.28. The molecule has 1 fully saturated rings. The number of allylic oxidation sites excluding steroid dienone is 1. The van der Waals surface area contributed by atoms with Crippen LogP contribution < -0.4 is 5.32 Å². The van der Waals surface area contributed by atoms with Gasteiger partial charge in [0.1, 0.15) is 11.4 Å². The van der Waals surface area contributed by atoms with Crippen molar-refractivity contribution in [1.29, 1.82) is 0 Å². The van der Waals surface area contributed by atoms with E-state index >= 15 is 0 Å². The molecular formula is C21H25ClN2O2. The summed E-state index contributed by atoms with van der Waals surface area (Å²) in [7, 11) is 3.81. The Kier molecular flexibility index (Phi) is 4.59. The van der Waals surface area contributed by atoms with Crippen molar-refractivity contribution in [3.8, 4) is 0 Å². The second kappa shape index (κ2) is 6.76. The summed E-state index contributed by atoms with van der Waals surface area (Å²) in [6, 6.07) is 5.75. The number of rotatable bonds is 2. The number of nitrogens with one attached hydrogen (secondary N) is 1. The first-order valence-corrected chi connectivity index (χ1v) is 9.54. The van der Waals surface area contributed by atoms with Gasteiger partial charge in [0.05, 0.1) is 12.8 Å². The molecule has 0 aromatic heterocycles. The Hall–Kier alpha value is -1.75. The zero-order valence-corrected chi connectivity index (χ0v) is 16.0. The Balaban J connectivity index is 1.94. The Bertz CT molecular complexity index is 806. The lowest BCUT2D eigenvalue weighted by Gasteiger charge is -2.44. The number of dihydropyridines is 1. The molecule has 1 aromatic carbocycles. The molecule has 26 heavy (non-hydrogen) atoms. The van der Waals surface area contributed by atoms with E-state index < -0.39 is 5.60 Å². The van der Waals surface area contributed by atoms with Gasteiger partial charge in [-0.15, -0.1) is 0 Å². The molecule has 0 spiro atoms. The van der Waals surface area contributed by atoms with Gasteiger partial charge in [-0.05, 0) is 62.3 Å². The molecule has 2 N–H and O–H groups in total. The molecule has 4 rings (SSSR count). The summed E-state index contributed by atoms with van der Waals surface area (Å²) >= 11 is 6.27. The molecule has 4 nitrogen and oxygen atoms in total. The van der Waals surface area contributed by atoms with Crippen molar-refractivity contribution in [2.75, 3.05) is 33.8 Å². The van der Waals surface area contributed by atoms with Crippen LogP contribution in [0.15, 0.2) is 47.4 Å². The molecule has 138 valence electrons. The first-order chi connectivity index (χ1) is 12.5. The molecule has 1 aromatic rings. The van der Waals surface area contributed by atoms with Crippen molar-refractivity contribution in [2.45, 2.75) is 18.4 Å². The lowest BCUT2D eigenvalue weighted by atomic mass is 9.72. The van der Waals surface area contributed by atoms with Gasteiger partial charge < -0.3 is 20.1 Å². The van der Waals surface area contributed by atoms with Gasteiger partial charge in [0.15, 0.2) is 0 Å². The molecule has 2 heterocycles. The molecule has 2 aliphatic heterocycles. The van der Waals surface area contributed by atoms with Crippen LogP contribution in [0, 0.1) is 5.92 Å². The Labute approximate surface area is 159 Å². The molecule has 0 bridgehead atoms. The molecule has 1 unspecified atom stereocenters. The molecule has 1 saturated heterocycles. The SMILES string of the molecule is COC1=Cc2cc(Cl)ccc2C(O)(C2CCN(C)CC2)C2=C1C=CCN2. The fourth-order valence-electron chi connectivity index (χ4n) is 4.43. The zero-order valence-electron chi connectivity index (χ0n) is 15.3. The lowest BCUT2D eigenvalue weighted by molar-refractivity contribution is -0.0203. The number of methoxy groups -OCH3 is 1. The first kappa shape index (κ1) is 17.7. The van der Waals surface area contributed by atoms with Gasteiger partial charge in [0, 0.05) is 23.1 Å². The van der Waals surface area contributed by atoms with Crippen molar-refractivity contribution in [1.82, 2.24) is 10.2 Å². The standard InChI is InChI=1S/C21H25ClN2O2/c1-24-10-7-15(8-11-24)21(25)18-6-5-16(22)12-14(18)13-19(26-2)17-4-3-9-23-20(17)21/h3-6,12-13,15,23,25H,7-11H2,1-2H3. The summed E-state index contributed by atoms with van der Waals surface area (Å²) < 4.78 is 5.68. The average Bonchev–Trinajstić information content (AvgIpc) is 2.76. The van der Waals surface area contributed by atoms with E-state index in [2.05, 4.69) is 29.4 Å². The fraction of sp³-hybridized carbons (Fsp3) is 0.429. The van der Waals surface area contributed by atoms with Crippen LogP contribution in [0.4, 0.5) is 0 Å². The highest BCUT2D eigenvalue weighted by atomic mass is 35.5. The van der Waals surface area contributed by atoms with Gasteiger partial charge in [-0.2, -0.15) is 0 Å². The quantitative estimate of drug-likeness (QED) is 0.836. The number of hydrogen-bond donors (Lipinski definition) is 2. The fourth-order valence-corrected chi connectivity index (χ4v) is 4.62. The maximum atomic E-state index is 12.2. The average molecular weight is 373 g/mol. The van der Waals surface area contributed by atoms with Crippen LogP contribution in [0.1, 0.15) is 24.0 Å². The molecule has 0 amide bonds. The summed E-state index contributed by atoms with van der Waals surface area (Å²) in [4.78, 5) is 2.32. The van der Waals surface area contributed by atoms with Crippen molar-refractivity contribution < 1.29 is 9.84 Å². The van der Waals surface area contributed by atoms with E-state index in [0.717, 1.165) is 54.1 Å². The number of aliphatic hydroxyl groups is 1. The first-order valence-electron chi connectivity index (χ1n) is 9.16. The molecule has 3 aliphatic rings. The molecule has 1 atom stereocenters. The second-order valence-electron chi connectivity index (χ2n) is 7.36. The van der Waals surface area contributed by atoms with Crippen molar-refractivity contribution in [3.63, 3.8) is 0 Å².